The van der Waals surface area contributed by atoms with Crippen molar-refractivity contribution in [3.63, 3.8) is 0 Å². The fraction of sp³-hybridized carbons (Fsp3) is 0.385. The Kier molecular flexibility index (Phi) is 4.53. The van der Waals surface area contributed by atoms with Crippen LogP contribution in [0.25, 0.3) is 0 Å². The van der Waals surface area contributed by atoms with E-state index in [0.29, 0.717) is 0 Å². The monoisotopic (exact) mass is 296 g/mol. The van der Waals surface area contributed by atoms with Crippen molar-refractivity contribution < 1.29 is 18.3 Å². The number of carbonyl (C=O) groups is 1. The van der Waals surface area contributed by atoms with Gasteiger partial charge in [0.1, 0.15) is 6.54 Å². The SMILES string of the molecule is CC(C)(C)N(CC(=O)O)S(=O)(=O)c1cccc(C#N)c1. The number of rotatable bonds is 4. The molecule has 0 spiro atoms. The summed E-state index contributed by atoms with van der Waals surface area (Å²) < 4.78 is 26.0. The molecule has 0 bridgehead atoms. The van der Waals surface area contributed by atoms with E-state index in [0.717, 1.165) is 4.31 Å². The number of hydrogen-bond donors (Lipinski definition) is 1. The average molecular weight is 296 g/mol. The molecule has 1 aromatic rings. The lowest BCUT2D eigenvalue weighted by molar-refractivity contribution is -0.138. The molecule has 0 unspecified atom stereocenters. The molecule has 0 radical (unpaired) electrons. The maximum atomic E-state index is 12.5. The van der Waals surface area contributed by atoms with Crippen molar-refractivity contribution in [1.82, 2.24) is 4.31 Å². The van der Waals surface area contributed by atoms with Crippen molar-refractivity contribution in [3.05, 3.63) is 29.8 Å². The maximum Gasteiger partial charge on any atom is 0.318 e. The Balaban J connectivity index is 3.37. The fourth-order valence-electron chi connectivity index (χ4n) is 1.66. The van der Waals surface area contributed by atoms with Crippen molar-refractivity contribution in [3.8, 4) is 6.07 Å². The van der Waals surface area contributed by atoms with Crippen LogP contribution in [0.2, 0.25) is 0 Å². The Morgan fingerprint density at radius 2 is 2.00 bits per heavy atom. The third kappa shape index (κ3) is 3.56. The number of carboxylic acid groups (broad SMARTS) is 1. The standard InChI is InChI=1S/C13H16N2O4S/c1-13(2,3)15(9-12(16)17)20(18,19)11-6-4-5-10(7-11)8-14/h4-7H,9H2,1-3H3,(H,16,17). The summed E-state index contributed by atoms with van der Waals surface area (Å²) in [5.41, 5.74) is -0.685. The molecule has 0 fully saturated rings. The molecule has 0 saturated carbocycles. The summed E-state index contributed by atoms with van der Waals surface area (Å²) in [6.45, 7) is 4.20. The van der Waals surface area contributed by atoms with Crippen molar-refractivity contribution in [2.75, 3.05) is 6.54 Å². The van der Waals surface area contributed by atoms with Crippen LogP contribution in [0.4, 0.5) is 0 Å². The van der Waals surface area contributed by atoms with Gasteiger partial charge in [-0.1, -0.05) is 6.07 Å². The molecule has 0 aliphatic heterocycles. The van der Waals surface area contributed by atoms with Crippen molar-refractivity contribution in [2.45, 2.75) is 31.2 Å². The first-order valence-electron chi connectivity index (χ1n) is 5.84. The molecule has 1 aromatic carbocycles. The lowest BCUT2D eigenvalue weighted by Crippen LogP contribution is -2.48. The summed E-state index contributed by atoms with van der Waals surface area (Å²) in [6.07, 6.45) is 0. The lowest BCUT2D eigenvalue weighted by Gasteiger charge is -2.33. The van der Waals surface area contributed by atoms with Crippen LogP contribution < -0.4 is 0 Å². The van der Waals surface area contributed by atoms with Gasteiger partial charge >= 0.3 is 5.97 Å². The minimum absolute atomic E-state index is 0.0901. The smallest absolute Gasteiger partial charge is 0.318 e. The zero-order valence-electron chi connectivity index (χ0n) is 11.5. The first-order valence-corrected chi connectivity index (χ1v) is 7.28. The molecule has 0 aromatic heterocycles. The first kappa shape index (κ1) is 16.1. The quantitative estimate of drug-likeness (QED) is 0.906. The molecule has 1 N–H and O–H groups in total. The summed E-state index contributed by atoms with van der Waals surface area (Å²) in [6, 6.07) is 7.37. The number of benzene rings is 1. The normalized spacial score (nSPS) is 12.2. The Bertz CT molecular complexity index is 654. The van der Waals surface area contributed by atoms with Gasteiger partial charge in [0, 0.05) is 5.54 Å². The molecule has 20 heavy (non-hydrogen) atoms. The molecule has 0 amide bonds. The predicted molar refractivity (Wildman–Crippen MR) is 72.4 cm³/mol. The Hall–Kier alpha value is -1.91. The molecule has 108 valence electrons. The topological polar surface area (TPSA) is 98.5 Å². The van der Waals surface area contributed by atoms with Crippen LogP contribution >= 0.6 is 0 Å². The maximum absolute atomic E-state index is 12.5. The van der Waals surface area contributed by atoms with E-state index < -0.39 is 28.1 Å². The van der Waals surface area contributed by atoms with E-state index in [1.54, 1.807) is 20.8 Å². The van der Waals surface area contributed by atoms with Crippen LogP contribution in [0.15, 0.2) is 29.2 Å². The molecule has 0 atom stereocenters. The first-order chi connectivity index (χ1) is 9.09. The highest BCUT2D eigenvalue weighted by Gasteiger charge is 2.35. The molecule has 7 heteroatoms. The van der Waals surface area contributed by atoms with Crippen LogP contribution in [-0.2, 0) is 14.8 Å². The van der Waals surface area contributed by atoms with Gasteiger partial charge in [-0.3, -0.25) is 4.79 Å². The van der Waals surface area contributed by atoms with Crippen LogP contribution in [0, 0.1) is 11.3 Å². The number of nitriles is 1. The van der Waals surface area contributed by atoms with Gasteiger partial charge in [0.05, 0.1) is 16.5 Å². The third-order valence-corrected chi connectivity index (χ3v) is 4.68. The van der Waals surface area contributed by atoms with Crippen LogP contribution in [0.5, 0.6) is 0 Å². The summed E-state index contributed by atoms with van der Waals surface area (Å²) in [7, 11) is -3.99. The second-order valence-electron chi connectivity index (χ2n) is 5.22. The fourth-order valence-corrected chi connectivity index (χ4v) is 3.44. The Labute approximate surface area is 118 Å². The molecule has 0 saturated heterocycles. The van der Waals surface area contributed by atoms with Gasteiger partial charge in [0.15, 0.2) is 0 Å². The highest BCUT2D eigenvalue weighted by molar-refractivity contribution is 7.89. The summed E-state index contributed by atoms with van der Waals surface area (Å²) >= 11 is 0. The van der Waals surface area contributed by atoms with Crippen LogP contribution in [0.3, 0.4) is 0 Å². The van der Waals surface area contributed by atoms with Gasteiger partial charge in [-0.2, -0.15) is 9.57 Å². The van der Waals surface area contributed by atoms with Gasteiger partial charge in [-0.15, -0.1) is 0 Å². The van der Waals surface area contributed by atoms with Crippen molar-refractivity contribution >= 4 is 16.0 Å². The van der Waals surface area contributed by atoms with Gasteiger partial charge in [-0.05, 0) is 39.0 Å². The second kappa shape index (κ2) is 5.61. The van der Waals surface area contributed by atoms with E-state index in [2.05, 4.69) is 0 Å². The highest BCUT2D eigenvalue weighted by Crippen LogP contribution is 2.24. The van der Waals surface area contributed by atoms with Gasteiger partial charge in [0.2, 0.25) is 10.0 Å². The molecular weight excluding hydrogens is 280 g/mol. The zero-order valence-corrected chi connectivity index (χ0v) is 12.3. The van der Waals surface area contributed by atoms with Crippen molar-refractivity contribution in [1.29, 1.82) is 5.26 Å². The number of aliphatic carboxylic acids is 1. The van der Waals surface area contributed by atoms with Gasteiger partial charge in [-0.25, -0.2) is 8.42 Å². The van der Waals surface area contributed by atoms with E-state index in [4.69, 9.17) is 10.4 Å². The van der Waals surface area contributed by atoms with Gasteiger partial charge < -0.3 is 5.11 Å². The predicted octanol–water partition coefficient (Wildman–Crippen LogP) is 1.43. The largest absolute Gasteiger partial charge is 0.480 e. The second-order valence-corrected chi connectivity index (χ2v) is 7.08. The Morgan fingerprint density at radius 1 is 1.40 bits per heavy atom. The summed E-state index contributed by atoms with van der Waals surface area (Å²) in [4.78, 5) is 10.8. The minimum atomic E-state index is -3.99. The number of sulfonamides is 1. The average Bonchev–Trinajstić information content (AvgIpc) is 2.34. The van der Waals surface area contributed by atoms with E-state index >= 15 is 0 Å². The summed E-state index contributed by atoms with van der Waals surface area (Å²) in [5.74, 6) is -1.24. The molecule has 1 rings (SSSR count). The molecule has 0 aliphatic carbocycles. The van der Waals surface area contributed by atoms with Gasteiger partial charge in [0.25, 0.3) is 0 Å². The van der Waals surface area contributed by atoms with E-state index in [9.17, 15) is 13.2 Å². The molecule has 0 aliphatic rings. The number of hydrogen-bond acceptors (Lipinski definition) is 4. The lowest BCUT2D eigenvalue weighted by atomic mass is 10.1. The molecular formula is C13H16N2O4S. The number of carboxylic acids is 1. The third-order valence-electron chi connectivity index (χ3n) is 2.58. The highest BCUT2D eigenvalue weighted by atomic mass is 32.2. The number of nitrogens with zero attached hydrogens (tertiary/aromatic N) is 2. The van der Waals surface area contributed by atoms with E-state index in [1.807, 2.05) is 6.07 Å². The minimum Gasteiger partial charge on any atom is -0.480 e. The summed E-state index contributed by atoms with van der Waals surface area (Å²) in [5, 5.41) is 17.7. The van der Waals surface area contributed by atoms with Crippen LogP contribution in [0.1, 0.15) is 26.3 Å². The van der Waals surface area contributed by atoms with E-state index in [1.165, 1.54) is 24.3 Å². The Morgan fingerprint density at radius 3 is 2.45 bits per heavy atom. The van der Waals surface area contributed by atoms with E-state index in [-0.39, 0.29) is 10.5 Å². The van der Waals surface area contributed by atoms with Crippen molar-refractivity contribution in [2.24, 2.45) is 0 Å². The zero-order chi connectivity index (χ0) is 15.6. The molecule has 6 nitrogen and oxygen atoms in total. The molecule has 0 heterocycles. The van der Waals surface area contributed by atoms with Crippen LogP contribution in [-0.4, -0.2) is 35.9 Å².